The summed E-state index contributed by atoms with van der Waals surface area (Å²) in [4.78, 5) is 2.43. The van der Waals surface area contributed by atoms with Crippen LogP contribution in [0.25, 0.3) is 0 Å². The average Bonchev–Trinajstić information content (AvgIpc) is 2.56. The fraction of sp³-hybridized carbons (Fsp3) is 0.455. The topological polar surface area (TPSA) is 41.3 Å². The maximum absolute atomic E-state index is 6.30. The van der Waals surface area contributed by atoms with E-state index in [0.29, 0.717) is 5.92 Å². The minimum atomic E-state index is 0.111. The van der Waals surface area contributed by atoms with Crippen LogP contribution in [0.1, 0.15) is 50.7 Å². The Morgan fingerprint density at radius 3 is 2.60 bits per heavy atom. The minimum Gasteiger partial charge on any atom is -0.397 e. The fourth-order valence-corrected chi connectivity index (χ4v) is 3.61. The maximum Gasteiger partial charge on any atom is 0.0618 e. The predicted octanol–water partition coefficient (Wildman–Crippen LogP) is 5.12. The van der Waals surface area contributed by atoms with E-state index >= 15 is 0 Å². The highest BCUT2D eigenvalue weighted by atomic mass is 15.1. The maximum atomic E-state index is 6.30. The molecule has 134 valence electrons. The Hall–Kier alpha value is -2.00. The van der Waals surface area contributed by atoms with E-state index in [-0.39, 0.29) is 5.41 Å². The number of hydrogen-bond acceptors (Lipinski definition) is 3. The molecule has 2 aromatic carbocycles. The van der Waals surface area contributed by atoms with Gasteiger partial charge in [-0.15, -0.1) is 0 Å². The van der Waals surface area contributed by atoms with E-state index in [9.17, 15) is 0 Å². The lowest BCUT2D eigenvalue weighted by atomic mass is 9.86. The summed E-state index contributed by atoms with van der Waals surface area (Å²) in [6.07, 6.45) is 2.55. The zero-order chi connectivity index (χ0) is 18.0. The molecule has 0 radical (unpaired) electrons. The molecule has 1 aliphatic heterocycles. The molecule has 1 fully saturated rings. The lowest BCUT2D eigenvalue weighted by molar-refractivity contribution is 0.251. The van der Waals surface area contributed by atoms with Crippen LogP contribution in [0.4, 0.5) is 17.1 Å². The average molecular weight is 338 g/mol. The van der Waals surface area contributed by atoms with Crippen molar-refractivity contribution in [3.8, 4) is 0 Å². The molecule has 0 aromatic heterocycles. The van der Waals surface area contributed by atoms with E-state index < -0.39 is 0 Å². The predicted molar refractivity (Wildman–Crippen MR) is 109 cm³/mol. The van der Waals surface area contributed by atoms with Gasteiger partial charge >= 0.3 is 0 Å². The second-order valence-electron chi connectivity index (χ2n) is 8.40. The summed E-state index contributed by atoms with van der Waals surface area (Å²) >= 11 is 0. The lowest BCUT2D eigenvalue weighted by Crippen LogP contribution is -2.30. The quantitative estimate of drug-likeness (QED) is 0.764. The molecule has 1 heterocycles. The summed E-state index contributed by atoms with van der Waals surface area (Å²) < 4.78 is 0. The third-order valence-electron chi connectivity index (χ3n) is 5.18. The minimum absolute atomic E-state index is 0.111. The number of likely N-dealkylation sites (N-methyl/N-ethyl adjacent to an activating group) is 1. The van der Waals surface area contributed by atoms with Gasteiger partial charge in [-0.25, -0.2) is 0 Å². The van der Waals surface area contributed by atoms with Crippen LogP contribution in [0.15, 0.2) is 42.5 Å². The van der Waals surface area contributed by atoms with Crippen LogP contribution in [0, 0.1) is 0 Å². The summed E-state index contributed by atoms with van der Waals surface area (Å²) in [6, 6.07) is 15.1. The zero-order valence-corrected chi connectivity index (χ0v) is 16.0. The molecule has 1 saturated heterocycles. The molecule has 25 heavy (non-hydrogen) atoms. The van der Waals surface area contributed by atoms with Crippen LogP contribution >= 0.6 is 0 Å². The van der Waals surface area contributed by atoms with Gasteiger partial charge in [0.15, 0.2) is 0 Å². The third kappa shape index (κ3) is 4.35. The standard InChI is InChI=1S/C22H31N3/c1-22(2,3)18-10-11-21(20(23)14-18)24-19-9-5-7-16(13-19)17-8-6-12-25(4)15-17/h5,7,9-11,13-14,17,24H,6,8,12,15,23H2,1-4H3. The van der Waals surface area contributed by atoms with E-state index in [0.717, 1.165) is 23.6 Å². The van der Waals surface area contributed by atoms with Crippen molar-refractivity contribution < 1.29 is 0 Å². The molecule has 0 spiro atoms. The van der Waals surface area contributed by atoms with Crippen molar-refractivity contribution in [2.24, 2.45) is 0 Å². The van der Waals surface area contributed by atoms with Gasteiger partial charge in [0.1, 0.15) is 0 Å². The number of likely N-dealkylation sites (tertiary alicyclic amines) is 1. The number of nitrogens with zero attached hydrogens (tertiary/aromatic N) is 1. The Balaban J connectivity index is 1.78. The Morgan fingerprint density at radius 1 is 1.12 bits per heavy atom. The highest BCUT2D eigenvalue weighted by Crippen LogP contribution is 2.32. The largest absolute Gasteiger partial charge is 0.397 e. The van der Waals surface area contributed by atoms with Crippen LogP contribution in [0.3, 0.4) is 0 Å². The second kappa shape index (κ2) is 7.09. The first-order valence-electron chi connectivity index (χ1n) is 9.28. The number of nitrogen functional groups attached to an aromatic ring is 1. The number of hydrogen-bond donors (Lipinski definition) is 2. The van der Waals surface area contributed by atoms with Gasteiger partial charge in [-0.3, -0.25) is 0 Å². The Morgan fingerprint density at radius 2 is 1.92 bits per heavy atom. The van der Waals surface area contributed by atoms with Crippen molar-refractivity contribution in [3.05, 3.63) is 53.6 Å². The SMILES string of the molecule is CN1CCCC(c2cccc(Nc3ccc(C(C)(C)C)cc3N)c2)C1. The number of anilines is 3. The van der Waals surface area contributed by atoms with E-state index in [1.54, 1.807) is 0 Å². The molecular formula is C22H31N3. The van der Waals surface area contributed by atoms with Crippen molar-refractivity contribution in [3.63, 3.8) is 0 Å². The first-order chi connectivity index (χ1) is 11.8. The number of nitrogens with two attached hydrogens (primary N) is 1. The molecule has 0 aliphatic carbocycles. The van der Waals surface area contributed by atoms with Crippen LogP contribution in [0.2, 0.25) is 0 Å². The summed E-state index contributed by atoms with van der Waals surface area (Å²) in [6.45, 7) is 8.98. The molecule has 0 amide bonds. The van der Waals surface area contributed by atoms with Crippen molar-refractivity contribution in [1.82, 2.24) is 4.90 Å². The molecule has 3 rings (SSSR count). The first kappa shape index (κ1) is 17.8. The first-order valence-corrected chi connectivity index (χ1v) is 9.28. The molecule has 0 saturated carbocycles. The van der Waals surface area contributed by atoms with E-state index in [1.807, 2.05) is 0 Å². The molecule has 3 nitrogen and oxygen atoms in total. The number of nitrogens with one attached hydrogen (secondary N) is 1. The number of piperidine rings is 1. The van der Waals surface area contributed by atoms with Crippen molar-refractivity contribution in [2.45, 2.75) is 44.9 Å². The molecule has 2 aromatic rings. The van der Waals surface area contributed by atoms with Gasteiger partial charge in [-0.1, -0.05) is 39.0 Å². The van der Waals surface area contributed by atoms with Gasteiger partial charge in [0.05, 0.1) is 11.4 Å². The Bertz CT molecular complexity index is 730. The molecule has 1 unspecified atom stereocenters. The molecule has 0 bridgehead atoms. The summed E-state index contributed by atoms with van der Waals surface area (Å²) in [5, 5.41) is 3.50. The normalized spacial score (nSPS) is 19.0. The van der Waals surface area contributed by atoms with Gasteiger partial charge in [0, 0.05) is 12.2 Å². The molecular weight excluding hydrogens is 306 g/mol. The highest BCUT2D eigenvalue weighted by Gasteiger charge is 2.19. The van der Waals surface area contributed by atoms with Crippen molar-refractivity contribution in [1.29, 1.82) is 0 Å². The number of rotatable bonds is 3. The van der Waals surface area contributed by atoms with Gasteiger partial charge < -0.3 is 16.0 Å². The van der Waals surface area contributed by atoms with Gasteiger partial charge in [0.2, 0.25) is 0 Å². The molecule has 1 aliphatic rings. The van der Waals surface area contributed by atoms with E-state index in [1.165, 1.54) is 30.5 Å². The molecule has 3 heteroatoms. The van der Waals surface area contributed by atoms with E-state index in [2.05, 4.69) is 80.5 Å². The fourth-order valence-electron chi connectivity index (χ4n) is 3.61. The highest BCUT2D eigenvalue weighted by molar-refractivity contribution is 5.73. The van der Waals surface area contributed by atoms with Crippen LogP contribution in [0.5, 0.6) is 0 Å². The van der Waals surface area contributed by atoms with E-state index in [4.69, 9.17) is 5.73 Å². The molecule has 3 N–H and O–H groups in total. The Labute approximate surface area is 152 Å². The number of benzene rings is 2. The van der Waals surface area contributed by atoms with Gasteiger partial charge in [0.25, 0.3) is 0 Å². The van der Waals surface area contributed by atoms with Crippen molar-refractivity contribution >= 4 is 17.1 Å². The third-order valence-corrected chi connectivity index (χ3v) is 5.18. The van der Waals surface area contributed by atoms with Crippen LogP contribution in [-0.4, -0.2) is 25.0 Å². The smallest absolute Gasteiger partial charge is 0.0618 e. The molecule has 1 atom stereocenters. The summed E-state index contributed by atoms with van der Waals surface area (Å²) in [5.41, 5.74) is 12.0. The van der Waals surface area contributed by atoms with Crippen LogP contribution in [-0.2, 0) is 5.41 Å². The second-order valence-corrected chi connectivity index (χ2v) is 8.40. The zero-order valence-electron chi connectivity index (χ0n) is 16.0. The lowest BCUT2D eigenvalue weighted by Gasteiger charge is -2.30. The van der Waals surface area contributed by atoms with Gasteiger partial charge in [-0.2, -0.15) is 0 Å². The Kier molecular flexibility index (Phi) is 5.05. The van der Waals surface area contributed by atoms with Crippen LogP contribution < -0.4 is 11.1 Å². The monoisotopic (exact) mass is 337 g/mol. The summed E-state index contributed by atoms with van der Waals surface area (Å²) in [5.74, 6) is 0.626. The van der Waals surface area contributed by atoms with Crippen molar-refractivity contribution in [2.75, 3.05) is 31.2 Å². The summed E-state index contributed by atoms with van der Waals surface area (Å²) in [7, 11) is 2.21. The van der Waals surface area contributed by atoms with Gasteiger partial charge in [-0.05, 0) is 73.2 Å².